The maximum absolute atomic E-state index is 11.5. The normalized spacial score (nSPS) is 12.1. The summed E-state index contributed by atoms with van der Waals surface area (Å²) in [4.78, 5) is 11.5. The van der Waals surface area contributed by atoms with Crippen LogP contribution in [0.5, 0.6) is 0 Å². The van der Waals surface area contributed by atoms with Crippen molar-refractivity contribution in [3.8, 4) is 0 Å². The van der Waals surface area contributed by atoms with Crippen molar-refractivity contribution in [2.24, 2.45) is 5.92 Å². The lowest BCUT2D eigenvalue weighted by atomic mass is 10.0. The van der Waals surface area contributed by atoms with E-state index in [0.717, 1.165) is 12.1 Å². The zero-order valence-corrected chi connectivity index (χ0v) is 12.0. The van der Waals surface area contributed by atoms with Crippen LogP contribution in [0.1, 0.15) is 30.0 Å². The first-order valence-corrected chi connectivity index (χ1v) is 6.39. The highest BCUT2D eigenvalue weighted by Gasteiger charge is 2.17. The molecule has 0 amide bonds. The van der Waals surface area contributed by atoms with Crippen LogP contribution < -0.4 is 5.32 Å². The summed E-state index contributed by atoms with van der Waals surface area (Å²) in [5, 5.41) is 3.37. The van der Waals surface area contributed by atoms with Crippen LogP contribution in [0.25, 0.3) is 0 Å². The summed E-state index contributed by atoms with van der Waals surface area (Å²) in [5.74, 6) is -0.234. The molecule has 1 aromatic carbocycles. The predicted molar refractivity (Wildman–Crippen MR) is 74.9 cm³/mol. The minimum atomic E-state index is -0.146. The van der Waals surface area contributed by atoms with E-state index in [9.17, 15) is 4.79 Å². The van der Waals surface area contributed by atoms with Crippen LogP contribution in [0, 0.1) is 26.7 Å². The van der Waals surface area contributed by atoms with Gasteiger partial charge in [-0.1, -0.05) is 24.6 Å². The average Bonchev–Trinajstić information content (AvgIpc) is 2.31. The lowest BCUT2D eigenvalue weighted by Crippen LogP contribution is -2.24. The molecule has 3 heteroatoms. The Balaban J connectivity index is 2.77. The summed E-state index contributed by atoms with van der Waals surface area (Å²) in [6.07, 6.45) is 0.781. The van der Waals surface area contributed by atoms with Crippen LogP contribution in [0.15, 0.2) is 12.1 Å². The molecule has 1 atom stereocenters. The minimum absolute atomic E-state index is 0.0879. The van der Waals surface area contributed by atoms with Crippen LogP contribution in [0.3, 0.4) is 0 Å². The summed E-state index contributed by atoms with van der Waals surface area (Å²) in [5.41, 5.74) is 4.82. The van der Waals surface area contributed by atoms with Crippen LogP contribution in [-0.2, 0) is 9.53 Å². The maximum atomic E-state index is 11.5. The van der Waals surface area contributed by atoms with Gasteiger partial charge < -0.3 is 10.1 Å². The topological polar surface area (TPSA) is 38.3 Å². The second kappa shape index (κ2) is 6.43. The third kappa shape index (κ3) is 3.49. The van der Waals surface area contributed by atoms with Crippen molar-refractivity contribution >= 4 is 11.7 Å². The van der Waals surface area contributed by atoms with Gasteiger partial charge in [-0.05, 0) is 38.3 Å². The number of carbonyl (C=O) groups is 1. The van der Waals surface area contributed by atoms with Gasteiger partial charge in [0.05, 0.1) is 13.0 Å². The highest BCUT2D eigenvalue weighted by molar-refractivity contribution is 5.73. The number of hydrogen-bond acceptors (Lipinski definition) is 3. The molecule has 0 aliphatic heterocycles. The van der Waals surface area contributed by atoms with E-state index in [1.807, 2.05) is 6.92 Å². The smallest absolute Gasteiger partial charge is 0.310 e. The zero-order chi connectivity index (χ0) is 13.7. The third-order valence-corrected chi connectivity index (χ3v) is 3.23. The number of esters is 1. The summed E-state index contributed by atoms with van der Waals surface area (Å²) >= 11 is 0. The number of methoxy groups -OCH3 is 1. The summed E-state index contributed by atoms with van der Waals surface area (Å²) < 4.78 is 4.79. The molecule has 0 aromatic heterocycles. The molecule has 0 bridgehead atoms. The Morgan fingerprint density at radius 3 is 2.28 bits per heavy atom. The van der Waals surface area contributed by atoms with E-state index in [-0.39, 0.29) is 11.9 Å². The van der Waals surface area contributed by atoms with Gasteiger partial charge >= 0.3 is 5.97 Å². The molecule has 1 aromatic rings. The van der Waals surface area contributed by atoms with Crippen molar-refractivity contribution in [2.75, 3.05) is 19.0 Å². The van der Waals surface area contributed by atoms with Crippen LogP contribution in [0.2, 0.25) is 0 Å². The van der Waals surface area contributed by atoms with Gasteiger partial charge in [0.2, 0.25) is 0 Å². The van der Waals surface area contributed by atoms with Crippen LogP contribution >= 0.6 is 0 Å². The van der Waals surface area contributed by atoms with Crippen molar-refractivity contribution in [1.29, 1.82) is 0 Å². The van der Waals surface area contributed by atoms with Gasteiger partial charge in [0, 0.05) is 12.2 Å². The molecule has 100 valence electrons. The van der Waals surface area contributed by atoms with Crippen molar-refractivity contribution < 1.29 is 9.53 Å². The van der Waals surface area contributed by atoms with E-state index in [1.54, 1.807) is 0 Å². The molecule has 1 unspecified atom stereocenters. The number of anilines is 1. The van der Waals surface area contributed by atoms with Crippen molar-refractivity contribution in [3.05, 3.63) is 28.8 Å². The highest BCUT2D eigenvalue weighted by atomic mass is 16.5. The molecule has 0 spiro atoms. The lowest BCUT2D eigenvalue weighted by molar-refractivity contribution is -0.145. The van der Waals surface area contributed by atoms with Gasteiger partial charge in [0.1, 0.15) is 0 Å². The summed E-state index contributed by atoms with van der Waals surface area (Å²) in [6.45, 7) is 8.88. The molecule has 0 aliphatic carbocycles. The maximum Gasteiger partial charge on any atom is 0.310 e. The number of nitrogens with one attached hydrogen (secondary N) is 1. The molecule has 0 fully saturated rings. The Bertz CT molecular complexity index is 403. The monoisotopic (exact) mass is 249 g/mol. The number of aryl methyl sites for hydroxylation is 3. The standard InChI is InChI=1S/C15H23NO2/c1-6-13(15(17)18-5)9-16-14-11(3)7-10(2)8-12(14)4/h7-8,13,16H,6,9H2,1-5H3. The molecule has 3 nitrogen and oxygen atoms in total. The predicted octanol–water partition coefficient (Wildman–Crippen LogP) is 3.22. The van der Waals surface area contributed by atoms with E-state index in [2.05, 4.69) is 38.2 Å². The summed E-state index contributed by atoms with van der Waals surface area (Å²) in [7, 11) is 1.44. The first-order chi connectivity index (χ1) is 8.49. The fourth-order valence-electron chi connectivity index (χ4n) is 2.25. The van der Waals surface area contributed by atoms with Gasteiger partial charge in [-0.25, -0.2) is 0 Å². The highest BCUT2D eigenvalue weighted by Crippen LogP contribution is 2.22. The molecule has 0 aliphatic rings. The van der Waals surface area contributed by atoms with Crippen LogP contribution in [0.4, 0.5) is 5.69 Å². The van der Waals surface area contributed by atoms with E-state index >= 15 is 0 Å². The van der Waals surface area contributed by atoms with E-state index < -0.39 is 0 Å². The van der Waals surface area contributed by atoms with Crippen molar-refractivity contribution in [2.45, 2.75) is 34.1 Å². The fraction of sp³-hybridized carbons (Fsp3) is 0.533. The Labute approximate surface area is 110 Å². The van der Waals surface area contributed by atoms with Gasteiger partial charge in [0.15, 0.2) is 0 Å². The Morgan fingerprint density at radius 2 is 1.83 bits per heavy atom. The van der Waals surface area contributed by atoms with Gasteiger partial charge in [-0.2, -0.15) is 0 Å². The van der Waals surface area contributed by atoms with Crippen LogP contribution in [-0.4, -0.2) is 19.6 Å². The molecular weight excluding hydrogens is 226 g/mol. The van der Waals surface area contributed by atoms with Gasteiger partial charge in [-0.3, -0.25) is 4.79 Å². The number of ether oxygens (including phenoxy) is 1. The third-order valence-electron chi connectivity index (χ3n) is 3.23. The molecule has 18 heavy (non-hydrogen) atoms. The van der Waals surface area contributed by atoms with Crippen molar-refractivity contribution in [1.82, 2.24) is 0 Å². The van der Waals surface area contributed by atoms with E-state index in [0.29, 0.717) is 6.54 Å². The molecule has 1 rings (SSSR count). The quantitative estimate of drug-likeness (QED) is 0.814. The first-order valence-electron chi connectivity index (χ1n) is 6.39. The first kappa shape index (κ1) is 14.6. The lowest BCUT2D eigenvalue weighted by Gasteiger charge is -2.17. The minimum Gasteiger partial charge on any atom is -0.469 e. The summed E-state index contributed by atoms with van der Waals surface area (Å²) in [6, 6.07) is 4.29. The largest absolute Gasteiger partial charge is 0.469 e. The van der Waals surface area contributed by atoms with Gasteiger partial charge in [0.25, 0.3) is 0 Å². The fourth-order valence-corrected chi connectivity index (χ4v) is 2.25. The molecule has 0 saturated heterocycles. The average molecular weight is 249 g/mol. The molecule has 1 N–H and O–H groups in total. The molecular formula is C15H23NO2. The second-order valence-corrected chi connectivity index (χ2v) is 4.78. The van der Waals surface area contributed by atoms with E-state index in [1.165, 1.54) is 23.8 Å². The Morgan fingerprint density at radius 1 is 1.28 bits per heavy atom. The van der Waals surface area contributed by atoms with Gasteiger partial charge in [-0.15, -0.1) is 0 Å². The Hall–Kier alpha value is -1.51. The van der Waals surface area contributed by atoms with E-state index in [4.69, 9.17) is 4.74 Å². The SMILES string of the molecule is CCC(CNc1c(C)cc(C)cc1C)C(=O)OC. The number of benzene rings is 1. The zero-order valence-electron chi connectivity index (χ0n) is 12.0. The number of carbonyl (C=O) groups excluding carboxylic acids is 1. The van der Waals surface area contributed by atoms with Crippen molar-refractivity contribution in [3.63, 3.8) is 0 Å². The number of rotatable bonds is 5. The molecule has 0 heterocycles. The Kier molecular flexibility index (Phi) is 5.20. The second-order valence-electron chi connectivity index (χ2n) is 4.78. The molecule has 0 radical (unpaired) electrons. The molecule has 0 saturated carbocycles. The number of hydrogen-bond donors (Lipinski definition) is 1.